The van der Waals surface area contributed by atoms with E-state index in [1.165, 1.54) is 0 Å². The van der Waals surface area contributed by atoms with Crippen LogP contribution in [0.15, 0.2) is 35.4 Å². The fourth-order valence-electron chi connectivity index (χ4n) is 3.01. The number of fused-ring (bicyclic) bond motifs is 2. The molecule has 0 saturated heterocycles. The highest BCUT2D eigenvalue weighted by molar-refractivity contribution is 5.85. The lowest BCUT2D eigenvalue weighted by Gasteiger charge is -2.22. The third kappa shape index (κ3) is 2.46. The van der Waals surface area contributed by atoms with Gasteiger partial charge in [-0.15, -0.1) is 0 Å². The minimum atomic E-state index is -0.478. The topological polar surface area (TPSA) is 116 Å². The Balaban J connectivity index is 1.55. The zero-order valence-corrected chi connectivity index (χ0v) is 12.8. The minimum absolute atomic E-state index is 0.167. The number of nitrogens with zero attached hydrogens (tertiary/aromatic N) is 2. The number of aromatic nitrogens is 4. The second-order valence-corrected chi connectivity index (χ2v) is 5.67. The van der Waals surface area contributed by atoms with E-state index in [0.717, 1.165) is 23.2 Å². The Kier molecular flexibility index (Phi) is 3.58. The summed E-state index contributed by atoms with van der Waals surface area (Å²) in [6.07, 6.45) is 2.43. The molecule has 24 heavy (non-hydrogen) atoms. The molecule has 1 amide bonds. The van der Waals surface area contributed by atoms with Crippen LogP contribution in [0.2, 0.25) is 0 Å². The van der Waals surface area contributed by atoms with E-state index < -0.39 is 6.04 Å². The first-order valence-corrected chi connectivity index (χ1v) is 7.73. The van der Waals surface area contributed by atoms with E-state index in [4.69, 9.17) is 0 Å². The van der Waals surface area contributed by atoms with Crippen molar-refractivity contribution in [1.29, 1.82) is 0 Å². The van der Waals surface area contributed by atoms with Crippen molar-refractivity contribution < 1.29 is 4.79 Å². The van der Waals surface area contributed by atoms with Gasteiger partial charge in [-0.1, -0.05) is 18.2 Å². The largest absolute Gasteiger partial charge is 0.349 e. The molecule has 1 aromatic carbocycles. The average molecular weight is 324 g/mol. The number of hydrogen-bond acceptors (Lipinski definition) is 5. The lowest BCUT2D eigenvalue weighted by Crippen LogP contribution is -2.41. The van der Waals surface area contributed by atoms with Gasteiger partial charge in [0.1, 0.15) is 6.04 Å². The predicted octanol–water partition coefficient (Wildman–Crippen LogP) is 0.149. The maximum absolute atomic E-state index is 12.5. The van der Waals surface area contributed by atoms with E-state index in [9.17, 15) is 9.59 Å². The summed E-state index contributed by atoms with van der Waals surface area (Å²) in [4.78, 5) is 31.6. The smallest absolute Gasteiger partial charge is 0.272 e. The number of nitrogens with one attached hydrogen (secondary N) is 4. The number of amides is 1. The van der Waals surface area contributed by atoms with Crippen LogP contribution in [-0.2, 0) is 17.8 Å². The number of hydrogen-bond donors (Lipinski definition) is 4. The molecule has 8 heteroatoms. The molecule has 3 heterocycles. The van der Waals surface area contributed by atoms with Crippen LogP contribution in [0.4, 0.5) is 0 Å². The van der Waals surface area contributed by atoms with E-state index >= 15 is 0 Å². The molecule has 8 nitrogen and oxygen atoms in total. The second kappa shape index (κ2) is 5.89. The maximum atomic E-state index is 12.5. The lowest BCUT2D eigenvalue weighted by molar-refractivity contribution is -0.123. The van der Waals surface area contributed by atoms with Gasteiger partial charge in [0.15, 0.2) is 0 Å². The summed E-state index contributed by atoms with van der Waals surface area (Å²) in [7, 11) is 0. The quantitative estimate of drug-likeness (QED) is 0.547. The number of benzene rings is 1. The molecule has 4 N–H and O–H groups in total. The first-order chi connectivity index (χ1) is 11.7. The van der Waals surface area contributed by atoms with Gasteiger partial charge in [0.05, 0.1) is 29.6 Å². The molecule has 0 saturated carbocycles. The van der Waals surface area contributed by atoms with Gasteiger partial charge in [-0.3, -0.25) is 9.59 Å². The van der Waals surface area contributed by atoms with Crippen LogP contribution in [0, 0.1) is 0 Å². The zero-order chi connectivity index (χ0) is 16.5. The molecule has 0 unspecified atom stereocenters. The summed E-state index contributed by atoms with van der Waals surface area (Å²) < 4.78 is 0. The van der Waals surface area contributed by atoms with E-state index in [1.54, 1.807) is 18.5 Å². The summed E-state index contributed by atoms with van der Waals surface area (Å²) in [6.45, 7) is 0.946. The molecule has 1 aliphatic rings. The van der Waals surface area contributed by atoms with Crippen molar-refractivity contribution in [2.45, 2.75) is 19.0 Å². The molecule has 0 aliphatic carbocycles. The zero-order valence-electron chi connectivity index (χ0n) is 12.8. The standard InChI is InChI=1S/C16H16N6O2/c23-15-10-4-2-1-3-9(10)12(21-22-15)7-18-16(24)14-13-11(5-6-17-14)19-8-20-13/h1-4,8,14,17H,5-7H2,(H,18,24)(H,19,20)(H,22,23)/t14-/m0/s1. The number of imidazole rings is 1. The molecule has 0 fully saturated rings. The first kappa shape index (κ1) is 14.6. The van der Waals surface area contributed by atoms with Crippen LogP contribution in [-0.4, -0.2) is 32.6 Å². The highest BCUT2D eigenvalue weighted by atomic mass is 16.2. The van der Waals surface area contributed by atoms with Gasteiger partial charge in [0, 0.05) is 24.0 Å². The number of aromatic amines is 2. The van der Waals surface area contributed by atoms with E-state index in [1.807, 2.05) is 12.1 Å². The fourth-order valence-corrected chi connectivity index (χ4v) is 3.01. The van der Waals surface area contributed by atoms with Crippen molar-refractivity contribution in [2.24, 2.45) is 0 Å². The monoisotopic (exact) mass is 324 g/mol. The Hall–Kier alpha value is -3.00. The highest BCUT2D eigenvalue weighted by Crippen LogP contribution is 2.19. The van der Waals surface area contributed by atoms with Crippen molar-refractivity contribution in [1.82, 2.24) is 30.8 Å². The molecule has 4 rings (SSSR count). The van der Waals surface area contributed by atoms with Crippen LogP contribution < -0.4 is 16.2 Å². The predicted molar refractivity (Wildman–Crippen MR) is 87.2 cm³/mol. The maximum Gasteiger partial charge on any atom is 0.272 e. The van der Waals surface area contributed by atoms with Crippen LogP contribution in [0.3, 0.4) is 0 Å². The number of H-pyrrole nitrogens is 2. The van der Waals surface area contributed by atoms with Crippen molar-refractivity contribution in [3.63, 3.8) is 0 Å². The SMILES string of the molecule is O=C(NCc1n[nH]c(=O)c2ccccc12)[C@H]1NCCc2[nH]cnc21. The normalized spacial score (nSPS) is 16.8. The Morgan fingerprint density at radius 1 is 1.29 bits per heavy atom. The fraction of sp³-hybridized carbons (Fsp3) is 0.250. The van der Waals surface area contributed by atoms with Gasteiger partial charge in [0.25, 0.3) is 5.56 Å². The van der Waals surface area contributed by atoms with E-state index in [-0.39, 0.29) is 18.0 Å². The Morgan fingerprint density at radius 3 is 3.00 bits per heavy atom. The molecule has 0 bridgehead atoms. The lowest BCUT2D eigenvalue weighted by atomic mass is 10.0. The minimum Gasteiger partial charge on any atom is -0.349 e. The van der Waals surface area contributed by atoms with Crippen molar-refractivity contribution in [3.8, 4) is 0 Å². The third-order valence-electron chi connectivity index (χ3n) is 4.22. The summed E-state index contributed by atoms with van der Waals surface area (Å²) in [5, 5.41) is 13.9. The highest BCUT2D eigenvalue weighted by Gasteiger charge is 2.28. The van der Waals surface area contributed by atoms with Gasteiger partial charge >= 0.3 is 0 Å². The van der Waals surface area contributed by atoms with Gasteiger partial charge < -0.3 is 15.6 Å². The average Bonchev–Trinajstić information content (AvgIpc) is 3.10. The second-order valence-electron chi connectivity index (χ2n) is 5.67. The molecule has 0 spiro atoms. The number of carbonyl (C=O) groups is 1. The molecule has 122 valence electrons. The van der Waals surface area contributed by atoms with Gasteiger partial charge in [-0.25, -0.2) is 10.1 Å². The van der Waals surface area contributed by atoms with Crippen molar-refractivity contribution in [3.05, 3.63) is 58.0 Å². The molecule has 3 aromatic rings. The van der Waals surface area contributed by atoms with Crippen LogP contribution in [0.1, 0.15) is 23.1 Å². The molecule has 1 aliphatic heterocycles. The Labute approximate surface area is 136 Å². The molecular formula is C16H16N6O2. The number of carbonyl (C=O) groups excluding carboxylic acids is 1. The van der Waals surface area contributed by atoms with Crippen LogP contribution >= 0.6 is 0 Å². The van der Waals surface area contributed by atoms with Crippen LogP contribution in [0.25, 0.3) is 10.8 Å². The summed E-state index contributed by atoms with van der Waals surface area (Å²) in [5.41, 5.74) is 2.10. The molecular weight excluding hydrogens is 308 g/mol. The Bertz CT molecular complexity index is 960. The van der Waals surface area contributed by atoms with Gasteiger partial charge in [-0.2, -0.15) is 5.10 Å². The summed E-state index contributed by atoms with van der Waals surface area (Å²) in [6, 6.07) is 6.72. The Morgan fingerprint density at radius 2 is 2.12 bits per heavy atom. The van der Waals surface area contributed by atoms with E-state index in [2.05, 4.69) is 30.8 Å². The van der Waals surface area contributed by atoms with Crippen molar-refractivity contribution in [2.75, 3.05) is 6.54 Å². The molecule has 1 atom stereocenters. The molecule has 0 radical (unpaired) electrons. The van der Waals surface area contributed by atoms with Gasteiger partial charge in [0.2, 0.25) is 5.91 Å². The van der Waals surface area contributed by atoms with E-state index in [0.29, 0.717) is 17.6 Å². The number of rotatable bonds is 3. The third-order valence-corrected chi connectivity index (χ3v) is 4.22. The summed E-state index contributed by atoms with van der Waals surface area (Å²) >= 11 is 0. The van der Waals surface area contributed by atoms with Crippen molar-refractivity contribution >= 4 is 16.7 Å². The van der Waals surface area contributed by atoms with Crippen LogP contribution in [0.5, 0.6) is 0 Å². The molecule has 2 aromatic heterocycles. The first-order valence-electron chi connectivity index (χ1n) is 7.73. The summed E-state index contributed by atoms with van der Waals surface area (Å²) in [5.74, 6) is -0.167. The van der Waals surface area contributed by atoms with Gasteiger partial charge in [-0.05, 0) is 6.07 Å².